The third-order valence-corrected chi connectivity index (χ3v) is 8.90. The standard InChI is InChI=1S/C26H36Cl2N2O4/c1-16(29)25(32)34-23-8-7-22-21-5-3-17-13-18(33-24(31)14-30(15-28)12-11-27)4-6-19(17)20(21)9-10-26(22,23)2/h4,6,13,16,20-23H,3,5,7-12,14-15,29H2,1-2H3/t16?,20-,21-,22+,23+,26+/m1/s1. The van der Waals surface area contributed by atoms with Crippen LogP contribution in [0.1, 0.15) is 63.0 Å². The number of alkyl halides is 2. The summed E-state index contributed by atoms with van der Waals surface area (Å²) in [4.78, 5) is 26.3. The van der Waals surface area contributed by atoms with E-state index in [1.54, 1.807) is 11.8 Å². The van der Waals surface area contributed by atoms with Gasteiger partial charge in [0.1, 0.15) is 17.9 Å². The molecule has 0 spiro atoms. The molecule has 34 heavy (non-hydrogen) atoms. The number of carbonyl (C=O) groups excluding carboxylic acids is 2. The maximum absolute atomic E-state index is 12.4. The number of benzene rings is 1. The number of rotatable bonds is 8. The van der Waals surface area contributed by atoms with Crippen LogP contribution in [0.15, 0.2) is 18.2 Å². The molecule has 1 aromatic carbocycles. The van der Waals surface area contributed by atoms with Crippen molar-refractivity contribution < 1.29 is 19.1 Å². The summed E-state index contributed by atoms with van der Waals surface area (Å²) >= 11 is 11.6. The van der Waals surface area contributed by atoms with Gasteiger partial charge in [-0.1, -0.05) is 13.0 Å². The van der Waals surface area contributed by atoms with Crippen molar-refractivity contribution in [3.8, 4) is 5.75 Å². The molecule has 2 N–H and O–H groups in total. The molecule has 2 fully saturated rings. The van der Waals surface area contributed by atoms with E-state index in [4.69, 9.17) is 38.4 Å². The molecule has 0 aromatic heterocycles. The van der Waals surface area contributed by atoms with E-state index in [9.17, 15) is 9.59 Å². The van der Waals surface area contributed by atoms with E-state index in [1.165, 1.54) is 11.1 Å². The topological polar surface area (TPSA) is 81.9 Å². The van der Waals surface area contributed by atoms with Gasteiger partial charge in [0, 0.05) is 17.8 Å². The first-order chi connectivity index (χ1) is 16.3. The van der Waals surface area contributed by atoms with Gasteiger partial charge in [-0.2, -0.15) is 0 Å². The Kier molecular flexibility index (Phi) is 8.13. The molecule has 2 saturated carbocycles. The number of aryl methyl sites for hydroxylation is 1. The number of hydrogen-bond donors (Lipinski definition) is 1. The SMILES string of the molecule is CC(N)C(=O)O[C@H]1CC[C@H]2[C@@H]3CCc4cc(OC(=O)CN(CCl)CCCl)ccc4[C@H]3CC[C@]12C. The molecular weight excluding hydrogens is 475 g/mol. The Hall–Kier alpha value is -1.34. The molecule has 0 heterocycles. The van der Waals surface area contributed by atoms with Crippen LogP contribution in [0.3, 0.4) is 0 Å². The van der Waals surface area contributed by atoms with Crippen LogP contribution in [-0.4, -0.2) is 54.0 Å². The number of nitrogens with zero attached hydrogens (tertiary/aromatic N) is 1. The van der Waals surface area contributed by atoms with Gasteiger partial charge in [-0.25, -0.2) is 0 Å². The predicted molar refractivity (Wildman–Crippen MR) is 133 cm³/mol. The lowest BCUT2D eigenvalue weighted by atomic mass is 9.55. The summed E-state index contributed by atoms with van der Waals surface area (Å²) in [6.07, 6.45) is 6.19. The van der Waals surface area contributed by atoms with Gasteiger partial charge in [-0.05, 0) is 86.5 Å². The second-order valence-electron chi connectivity index (χ2n) is 10.4. The molecule has 1 aromatic rings. The first-order valence-electron chi connectivity index (χ1n) is 12.4. The van der Waals surface area contributed by atoms with Crippen molar-refractivity contribution in [3.63, 3.8) is 0 Å². The zero-order chi connectivity index (χ0) is 24.5. The van der Waals surface area contributed by atoms with E-state index in [1.807, 2.05) is 12.1 Å². The second kappa shape index (κ2) is 10.7. The first-order valence-corrected chi connectivity index (χ1v) is 13.5. The highest BCUT2D eigenvalue weighted by Gasteiger charge is 2.56. The van der Waals surface area contributed by atoms with E-state index in [0.29, 0.717) is 35.9 Å². The smallest absolute Gasteiger partial charge is 0.325 e. The van der Waals surface area contributed by atoms with Crippen LogP contribution in [-0.2, 0) is 20.7 Å². The molecule has 6 nitrogen and oxygen atoms in total. The maximum Gasteiger partial charge on any atom is 0.325 e. The molecule has 8 heteroatoms. The summed E-state index contributed by atoms with van der Waals surface area (Å²) < 4.78 is 11.5. The number of carbonyl (C=O) groups is 2. The fourth-order valence-electron chi connectivity index (χ4n) is 6.66. The van der Waals surface area contributed by atoms with Crippen LogP contribution < -0.4 is 10.5 Å². The monoisotopic (exact) mass is 510 g/mol. The lowest BCUT2D eigenvalue weighted by Gasteiger charge is -2.50. The Morgan fingerprint density at radius 1 is 1.24 bits per heavy atom. The first kappa shape index (κ1) is 25.7. The molecule has 0 aliphatic heterocycles. The van der Waals surface area contributed by atoms with Gasteiger partial charge in [0.25, 0.3) is 0 Å². The quantitative estimate of drug-likeness (QED) is 0.241. The minimum Gasteiger partial charge on any atom is -0.461 e. The summed E-state index contributed by atoms with van der Waals surface area (Å²) in [6.45, 7) is 4.66. The van der Waals surface area contributed by atoms with Gasteiger partial charge >= 0.3 is 11.9 Å². The van der Waals surface area contributed by atoms with Gasteiger partial charge in [-0.3, -0.25) is 14.5 Å². The van der Waals surface area contributed by atoms with Crippen LogP contribution >= 0.6 is 23.2 Å². The van der Waals surface area contributed by atoms with Crippen LogP contribution in [0, 0.1) is 17.3 Å². The Morgan fingerprint density at radius 3 is 2.74 bits per heavy atom. The Morgan fingerprint density at radius 2 is 2.03 bits per heavy atom. The molecule has 0 bridgehead atoms. The summed E-state index contributed by atoms with van der Waals surface area (Å²) in [6, 6.07) is 5.76. The van der Waals surface area contributed by atoms with E-state index in [0.717, 1.165) is 38.5 Å². The van der Waals surface area contributed by atoms with Crippen LogP contribution in [0.2, 0.25) is 0 Å². The highest BCUT2D eigenvalue weighted by atomic mass is 35.5. The highest BCUT2D eigenvalue weighted by molar-refractivity contribution is 6.18. The number of fused-ring (bicyclic) bond motifs is 5. The van der Waals surface area contributed by atoms with Crippen LogP contribution in [0.25, 0.3) is 0 Å². The predicted octanol–water partition coefficient (Wildman–Crippen LogP) is 4.44. The molecule has 188 valence electrons. The van der Waals surface area contributed by atoms with Crippen LogP contribution in [0.5, 0.6) is 5.75 Å². The van der Waals surface area contributed by atoms with Crippen molar-refractivity contribution in [1.82, 2.24) is 4.90 Å². The number of nitrogens with two attached hydrogens (primary N) is 1. The Balaban J connectivity index is 1.44. The van der Waals surface area contributed by atoms with Gasteiger partial charge in [0.05, 0.1) is 12.5 Å². The summed E-state index contributed by atoms with van der Waals surface area (Å²) in [5.41, 5.74) is 8.44. The van der Waals surface area contributed by atoms with Crippen LogP contribution in [0.4, 0.5) is 0 Å². The highest BCUT2D eigenvalue weighted by Crippen LogP contribution is 2.61. The Bertz CT molecular complexity index is 911. The largest absolute Gasteiger partial charge is 0.461 e. The van der Waals surface area contributed by atoms with Crippen molar-refractivity contribution >= 4 is 35.1 Å². The number of halogens is 2. The third kappa shape index (κ3) is 5.11. The second-order valence-corrected chi connectivity index (χ2v) is 11.1. The zero-order valence-electron chi connectivity index (χ0n) is 20.1. The molecule has 3 aliphatic rings. The molecule has 6 atom stereocenters. The van der Waals surface area contributed by atoms with E-state index in [2.05, 4.69) is 13.0 Å². The lowest BCUT2D eigenvalue weighted by Crippen LogP contribution is -2.46. The van der Waals surface area contributed by atoms with Gasteiger partial charge < -0.3 is 15.2 Å². The summed E-state index contributed by atoms with van der Waals surface area (Å²) in [5, 5.41) is 0. The number of ether oxygens (including phenoxy) is 2. The fourth-order valence-corrected chi connectivity index (χ4v) is 7.11. The average Bonchev–Trinajstić information content (AvgIpc) is 3.14. The Labute approximate surface area is 212 Å². The minimum atomic E-state index is -0.581. The number of esters is 2. The third-order valence-electron chi connectivity index (χ3n) is 8.40. The van der Waals surface area contributed by atoms with E-state index < -0.39 is 6.04 Å². The van der Waals surface area contributed by atoms with Crippen molar-refractivity contribution in [2.24, 2.45) is 23.0 Å². The molecule has 1 unspecified atom stereocenters. The van der Waals surface area contributed by atoms with Gasteiger partial charge in [0.15, 0.2) is 0 Å². The fraction of sp³-hybridized carbons (Fsp3) is 0.692. The molecule has 0 radical (unpaired) electrons. The summed E-state index contributed by atoms with van der Waals surface area (Å²) in [5.74, 6) is 2.03. The van der Waals surface area contributed by atoms with Crippen molar-refractivity contribution in [3.05, 3.63) is 29.3 Å². The van der Waals surface area contributed by atoms with Crippen molar-refractivity contribution in [1.29, 1.82) is 0 Å². The molecule has 0 saturated heterocycles. The molecule has 4 rings (SSSR count). The zero-order valence-corrected chi connectivity index (χ0v) is 21.6. The summed E-state index contributed by atoms with van der Waals surface area (Å²) in [7, 11) is 0. The lowest BCUT2D eigenvalue weighted by molar-refractivity contribution is -0.158. The normalized spacial score (nSPS) is 30.8. The van der Waals surface area contributed by atoms with E-state index >= 15 is 0 Å². The minimum absolute atomic E-state index is 0.0238. The van der Waals surface area contributed by atoms with Crippen molar-refractivity contribution in [2.75, 3.05) is 25.0 Å². The maximum atomic E-state index is 12.4. The molecular formula is C26H36Cl2N2O4. The number of hydrogen-bond acceptors (Lipinski definition) is 6. The van der Waals surface area contributed by atoms with Crippen molar-refractivity contribution in [2.45, 2.75) is 70.4 Å². The molecule has 3 aliphatic carbocycles. The molecule has 0 amide bonds. The van der Waals surface area contributed by atoms with Gasteiger partial charge in [0.2, 0.25) is 0 Å². The average molecular weight is 511 g/mol. The van der Waals surface area contributed by atoms with Gasteiger partial charge in [-0.15, -0.1) is 23.2 Å². The van der Waals surface area contributed by atoms with E-state index in [-0.39, 0.29) is 36.0 Å².